The summed E-state index contributed by atoms with van der Waals surface area (Å²) >= 11 is 1.67. The summed E-state index contributed by atoms with van der Waals surface area (Å²) in [5.41, 5.74) is 3.10. The molecule has 1 aliphatic rings. The molecule has 1 heterocycles. The molecule has 2 rings (SSSR count). The van der Waals surface area contributed by atoms with Crippen LogP contribution >= 0.6 is 11.3 Å². The van der Waals surface area contributed by atoms with Gasteiger partial charge >= 0.3 is 0 Å². The van der Waals surface area contributed by atoms with Crippen LogP contribution in [-0.2, 0) is 6.54 Å². The van der Waals surface area contributed by atoms with Crippen molar-refractivity contribution >= 4 is 11.3 Å². The summed E-state index contributed by atoms with van der Waals surface area (Å²) < 4.78 is 0. The molecule has 1 aromatic heterocycles. The molecule has 0 amide bonds. The molecule has 4 heteroatoms. The summed E-state index contributed by atoms with van der Waals surface area (Å²) in [7, 11) is 2.17. The van der Waals surface area contributed by atoms with Gasteiger partial charge in [0.2, 0.25) is 0 Å². The average Bonchev–Trinajstić information content (AvgIpc) is 2.83. The third kappa shape index (κ3) is 4.74. The van der Waals surface area contributed by atoms with Crippen LogP contribution < -0.4 is 5.32 Å². The van der Waals surface area contributed by atoms with Gasteiger partial charge in [-0.15, -0.1) is 11.3 Å². The van der Waals surface area contributed by atoms with E-state index in [0.717, 1.165) is 25.7 Å². The Morgan fingerprint density at radius 3 is 2.94 bits per heavy atom. The predicted octanol–water partition coefficient (Wildman–Crippen LogP) is 2.50. The summed E-state index contributed by atoms with van der Waals surface area (Å²) in [6, 6.07) is 0.774. The van der Waals surface area contributed by atoms with Gasteiger partial charge in [0.15, 0.2) is 0 Å². The van der Waals surface area contributed by atoms with Crippen LogP contribution in [0.4, 0.5) is 0 Å². The molecule has 0 atom stereocenters. The Bertz CT molecular complexity index is 294. The molecule has 0 aliphatic heterocycles. The molecule has 0 bridgehead atoms. The fourth-order valence-corrected chi connectivity index (χ4v) is 2.99. The lowest BCUT2D eigenvalue weighted by atomic mass is 9.95. The molecule has 0 spiro atoms. The maximum atomic E-state index is 4.31. The van der Waals surface area contributed by atoms with E-state index in [1.54, 1.807) is 11.3 Å². The first kappa shape index (κ1) is 13.0. The quantitative estimate of drug-likeness (QED) is 0.844. The van der Waals surface area contributed by atoms with Crippen molar-refractivity contribution in [3.63, 3.8) is 0 Å². The fraction of sp³-hybridized carbons (Fsp3) is 0.769. The number of rotatable bonds is 6. The largest absolute Gasteiger partial charge is 0.313 e. The van der Waals surface area contributed by atoms with Crippen molar-refractivity contribution in [3.05, 3.63) is 16.6 Å². The number of nitrogens with zero attached hydrogens (tertiary/aromatic N) is 2. The number of hydrogen-bond acceptors (Lipinski definition) is 4. The van der Waals surface area contributed by atoms with E-state index in [9.17, 15) is 0 Å². The monoisotopic (exact) mass is 253 g/mol. The Kier molecular flexibility index (Phi) is 5.42. The van der Waals surface area contributed by atoms with Crippen LogP contribution in [0.2, 0.25) is 0 Å². The molecule has 1 saturated carbocycles. The average molecular weight is 253 g/mol. The Balaban J connectivity index is 1.58. The minimum Gasteiger partial charge on any atom is -0.313 e. The van der Waals surface area contributed by atoms with Gasteiger partial charge in [0.1, 0.15) is 0 Å². The van der Waals surface area contributed by atoms with Gasteiger partial charge in [-0.3, -0.25) is 4.90 Å². The van der Waals surface area contributed by atoms with Crippen molar-refractivity contribution in [1.29, 1.82) is 0 Å². The molecule has 1 fully saturated rings. The van der Waals surface area contributed by atoms with Gasteiger partial charge in [-0.05, 0) is 19.9 Å². The van der Waals surface area contributed by atoms with Gasteiger partial charge in [0, 0.05) is 31.1 Å². The lowest BCUT2D eigenvalue weighted by molar-refractivity contribution is 0.298. The minimum atomic E-state index is 0.774. The molecular weight excluding hydrogens is 230 g/mol. The van der Waals surface area contributed by atoms with Crippen molar-refractivity contribution in [1.82, 2.24) is 15.2 Å². The second kappa shape index (κ2) is 7.09. The van der Waals surface area contributed by atoms with Crippen molar-refractivity contribution in [3.8, 4) is 0 Å². The van der Waals surface area contributed by atoms with Crippen molar-refractivity contribution < 1.29 is 0 Å². The van der Waals surface area contributed by atoms with Crippen molar-refractivity contribution in [2.24, 2.45) is 0 Å². The predicted molar refractivity (Wildman–Crippen MR) is 73.3 cm³/mol. The zero-order chi connectivity index (χ0) is 11.9. The molecule has 0 radical (unpaired) electrons. The molecule has 0 saturated heterocycles. The molecule has 1 N–H and O–H groups in total. The third-order valence-corrected chi connectivity index (χ3v) is 4.08. The van der Waals surface area contributed by atoms with Gasteiger partial charge in [0.25, 0.3) is 0 Å². The minimum absolute atomic E-state index is 0.774. The molecule has 0 aromatic carbocycles. The zero-order valence-corrected chi connectivity index (χ0v) is 11.5. The van der Waals surface area contributed by atoms with Crippen LogP contribution in [-0.4, -0.2) is 36.1 Å². The van der Waals surface area contributed by atoms with E-state index in [2.05, 4.69) is 27.6 Å². The second-order valence-electron chi connectivity index (χ2n) is 5.01. The van der Waals surface area contributed by atoms with E-state index >= 15 is 0 Å². The summed E-state index contributed by atoms with van der Waals surface area (Å²) in [4.78, 5) is 6.65. The Hall–Kier alpha value is -0.450. The summed E-state index contributed by atoms with van der Waals surface area (Å²) in [6.45, 7) is 3.18. The maximum absolute atomic E-state index is 4.31. The molecule has 17 heavy (non-hydrogen) atoms. The molecule has 0 unspecified atom stereocenters. The highest BCUT2D eigenvalue weighted by molar-refractivity contribution is 7.07. The van der Waals surface area contributed by atoms with Crippen LogP contribution in [0.1, 0.15) is 37.8 Å². The number of thiazole rings is 1. The highest BCUT2D eigenvalue weighted by Crippen LogP contribution is 2.17. The fourth-order valence-electron chi connectivity index (χ4n) is 2.44. The summed E-state index contributed by atoms with van der Waals surface area (Å²) in [5.74, 6) is 0. The highest BCUT2D eigenvalue weighted by Gasteiger charge is 2.12. The van der Waals surface area contributed by atoms with E-state index in [0.29, 0.717) is 0 Å². The smallest absolute Gasteiger partial charge is 0.0795 e. The summed E-state index contributed by atoms with van der Waals surface area (Å²) in [6.07, 6.45) is 6.99. The first-order valence-electron chi connectivity index (χ1n) is 6.63. The van der Waals surface area contributed by atoms with Crippen LogP contribution in [0.25, 0.3) is 0 Å². The lowest BCUT2D eigenvalue weighted by Gasteiger charge is -2.24. The second-order valence-corrected chi connectivity index (χ2v) is 5.73. The Labute approximate surface area is 108 Å². The number of hydrogen-bond donors (Lipinski definition) is 1. The number of aromatic nitrogens is 1. The van der Waals surface area contributed by atoms with Crippen molar-refractivity contribution in [2.75, 3.05) is 20.1 Å². The summed E-state index contributed by atoms with van der Waals surface area (Å²) in [5, 5.41) is 5.80. The highest BCUT2D eigenvalue weighted by atomic mass is 32.1. The molecule has 96 valence electrons. The van der Waals surface area contributed by atoms with Gasteiger partial charge < -0.3 is 5.32 Å². The molecule has 1 aromatic rings. The Morgan fingerprint density at radius 2 is 2.24 bits per heavy atom. The molecular formula is C13H23N3S. The zero-order valence-electron chi connectivity index (χ0n) is 10.7. The van der Waals surface area contributed by atoms with Crippen LogP contribution in [0.15, 0.2) is 10.9 Å². The van der Waals surface area contributed by atoms with Gasteiger partial charge in [-0.1, -0.05) is 19.3 Å². The standard InChI is InChI=1S/C13H23N3S/c1-16(9-13-10-17-11-15-13)8-7-14-12-5-3-2-4-6-12/h10-12,14H,2-9H2,1H3. The lowest BCUT2D eigenvalue weighted by Crippen LogP contribution is -2.36. The van der Waals surface area contributed by atoms with Gasteiger partial charge in [0.05, 0.1) is 11.2 Å². The first-order chi connectivity index (χ1) is 8.34. The van der Waals surface area contributed by atoms with E-state index in [1.165, 1.54) is 37.8 Å². The van der Waals surface area contributed by atoms with E-state index in [1.807, 2.05) is 5.51 Å². The normalized spacial score (nSPS) is 17.8. The van der Waals surface area contributed by atoms with Crippen LogP contribution in [0.5, 0.6) is 0 Å². The van der Waals surface area contributed by atoms with E-state index in [4.69, 9.17) is 0 Å². The SMILES string of the molecule is CN(CCNC1CCCCC1)Cc1cscn1. The Morgan fingerprint density at radius 1 is 1.41 bits per heavy atom. The van der Waals surface area contributed by atoms with E-state index < -0.39 is 0 Å². The first-order valence-corrected chi connectivity index (χ1v) is 7.58. The maximum Gasteiger partial charge on any atom is 0.0795 e. The topological polar surface area (TPSA) is 28.2 Å². The van der Waals surface area contributed by atoms with Crippen LogP contribution in [0, 0.1) is 0 Å². The number of nitrogens with one attached hydrogen (secondary N) is 1. The third-order valence-electron chi connectivity index (χ3n) is 3.45. The van der Waals surface area contributed by atoms with Gasteiger partial charge in [-0.2, -0.15) is 0 Å². The van der Waals surface area contributed by atoms with E-state index in [-0.39, 0.29) is 0 Å². The molecule has 3 nitrogen and oxygen atoms in total. The number of likely N-dealkylation sites (N-methyl/N-ethyl adjacent to an activating group) is 1. The van der Waals surface area contributed by atoms with Crippen molar-refractivity contribution in [2.45, 2.75) is 44.7 Å². The molecule has 1 aliphatic carbocycles. The van der Waals surface area contributed by atoms with Gasteiger partial charge in [-0.25, -0.2) is 4.98 Å². The van der Waals surface area contributed by atoms with Crippen LogP contribution in [0.3, 0.4) is 0 Å².